The summed E-state index contributed by atoms with van der Waals surface area (Å²) in [6.45, 7) is 2.04. The predicted molar refractivity (Wildman–Crippen MR) is 110 cm³/mol. The number of hydrogen-bond acceptors (Lipinski definition) is 4. The molecule has 2 aromatic carbocycles. The van der Waals surface area contributed by atoms with Gasteiger partial charge in [0.15, 0.2) is 6.61 Å². The van der Waals surface area contributed by atoms with Crippen LogP contribution in [0.5, 0.6) is 5.75 Å². The molecule has 1 fully saturated rings. The lowest BCUT2D eigenvalue weighted by atomic mass is 9.96. The Labute approximate surface area is 170 Å². The van der Waals surface area contributed by atoms with Crippen LogP contribution in [-0.2, 0) is 4.79 Å². The molecule has 1 aliphatic rings. The molecular formula is C22H26FN3O3. The second kappa shape index (κ2) is 10.0. The number of benzene rings is 2. The average molecular weight is 399 g/mol. The largest absolute Gasteiger partial charge is 0.483 e. The molecule has 7 heteroatoms. The molecule has 2 N–H and O–H groups in total. The van der Waals surface area contributed by atoms with E-state index < -0.39 is 11.7 Å². The summed E-state index contributed by atoms with van der Waals surface area (Å²) >= 11 is 0. The molecule has 1 aliphatic heterocycles. The standard InChI is InChI=1S/C22H26FN3O3/c1-24-14-16-10-12-26(13-11-16)22(28)17-6-2-5-9-20(17)29-15-21(27)25-19-8-4-3-7-18(19)23/h2-9,16,24H,10-15H2,1H3,(H,25,27). The first-order valence-electron chi connectivity index (χ1n) is 9.78. The Morgan fingerprint density at radius 2 is 1.79 bits per heavy atom. The van der Waals surface area contributed by atoms with Gasteiger partial charge in [0, 0.05) is 13.1 Å². The number of para-hydroxylation sites is 2. The number of halogens is 1. The molecular weight excluding hydrogens is 373 g/mol. The molecule has 0 saturated carbocycles. The van der Waals surface area contributed by atoms with Crippen molar-refractivity contribution in [1.82, 2.24) is 10.2 Å². The van der Waals surface area contributed by atoms with Gasteiger partial charge < -0.3 is 20.3 Å². The van der Waals surface area contributed by atoms with E-state index in [1.807, 2.05) is 11.9 Å². The van der Waals surface area contributed by atoms with Crippen LogP contribution < -0.4 is 15.4 Å². The summed E-state index contributed by atoms with van der Waals surface area (Å²) in [5.41, 5.74) is 0.521. The van der Waals surface area contributed by atoms with E-state index in [0.717, 1.165) is 19.4 Å². The van der Waals surface area contributed by atoms with Gasteiger partial charge in [-0.2, -0.15) is 0 Å². The maximum atomic E-state index is 13.7. The van der Waals surface area contributed by atoms with Crippen LogP contribution in [0, 0.1) is 11.7 Å². The average Bonchev–Trinajstić information content (AvgIpc) is 2.74. The first-order chi connectivity index (χ1) is 14.1. The molecule has 0 radical (unpaired) electrons. The summed E-state index contributed by atoms with van der Waals surface area (Å²) in [7, 11) is 1.94. The van der Waals surface area contributed by atoms with Crippen molar-refractivity contribution in [1.29, 1.82) is 0 Å². The Hall–Kier alpha value is -2.93. The summed E-state index contributed by atoms with van der Waals surface area (Å²) in [6, 6.07) is 12.8. The summed E-state index contributed by atoms with van der Waals surface area (Å²) in [5, 5.41) is 5.65. The van der Waals surface area contributed by atoms with Gasteiger partial charge in [0.1, 0.15) is 11.6 Å². The maximum Gasteiger partial charge on any atom is 0.262 e. The Morgan fingerprint density at radius 1 is 1.10 bits per heavy atom. The Bertz CT molecular complexity index is 851. The molecule has 0 bridgehead atoms. The second-order valence-corrected chi connectivity index (χ2v) is 7.11. The van der Waals surface area contributed by atoms with Crippen LogP contribution in [-0.4, -0.2) is 50.0 Å². The summed E-state index contributed by atoms with van der Waals surface area (Å²) in [6.07, 6.45) is 1.92. The Morgan fingerprint density at radius 3 is 2.52 bits per heavy atom. The number of hydrogen-bond donors (Lipinski definition) is 2. The van der Waals surface area contributed by atoms with E-state index in [1.165, 1.54) is 12.1 Å². The summed E-state index contributed by atoms with van der Waals surface area (Å²) < 4.78 is 19.2. The van der Waals surface area contributed by atoms with Crippen molar-refractivity contribution in [2.75, 3.05) is 38.6 Å². The van der Waals surface area contributed by atoms with E-state index in [1.54, 1.807) is 36.4 Å². The van der Waals surface area contributed by atoms with Crippen LogP contribution in [0.1, 0.15) is 23.2 Å². The van der Waals surface area contributed by atoms with Crippen LogP contribution in [0.3, 0.4) is 0 Å². The van der Waals surface area contributed by atoms with Crippen molar-refractivity contribution in [2.24, 2.45) is 5.92 Å². The second-order valence-electron chi connectivity index (χ2n) is 7.11. The number of likely N-dealkylation sites (tertiary alicyclic amines) is 1. The van der Waals surface area contributed by atoms with E-state index >= 15 is 0 Å². The van der Waals surface area contributed by atoms with E-state index in [9.17, 15) is 14.0 Å². The third kappa shape index (κ3) is 5.54. The molecule has 0 aromatic heterocycles. The van der Waals surface area contributed by atoms with Crippen LogP contribution in [0.4, 0.5) is 10.1 Å². The third-order valence-electron chi connectivity index (χ3n) is 5.02. The van der Waals surface area contributed by atoms with E-state index in [-0.39, 0.29) is 18.2 Å². The number of carbonyl (C=O) groups is 2. The number of rotatable bonds is 7. The first kappa shape index (κ1) is 20.8. The molecule has 0 atom stereocenters. The van der Waals surface area contributed by atoms with Gasteiger partial charge in [-0.3, -0.25) is 9.59 Å². The highest BCUT2D eigenvalue weighted by Gasteiger charge is 2.25. The topological polar surface area (TPSA) is 70.7 Å². The molecule has 3 rings (SSSR count). The minimum Gasteiger partial charge on any atom is -0.483 e. The summed E-state index contributed by atoms with van der Waals surface area (Å²) in [4.78, 5) is 26.9. The Balaban J connectivity index is 1.59. The zero-order valence-electron chi connectivity index (χ0n) is 16.5. The number of ether oxygens (including phenoxy) is 1. The van der Waals surface area contributed by atoms with Gasteiger partial charge in [-0.1, -0.05) is 24.3 Å². The number of carbonyl (C=O) groups excluding carboxylic acids is 2. The zero-order chi connectivity index (χ0) is 20.6. The van der Waals surface area contributed by atoms with Gasteiger partial charge in [-0.15, -0.1) is 0 Å². The SMILES string of the molecule is CNCC1CCN(C(=O)c2ccccc2OCC(=O)Nc2ccccc2F)CC1. The molecule has 2 amide bonds. The third-order valence-corrected chi connectivity index (χ3v) is 5.02. The van der Waals surface area contributed by atoms with Crippen LogP contribution in [0.2, 0.25) is 0 Å². The molecule has 0 spiro atoms. The van der Waals surface area contributed by atoms with Crippen molar-refractivity contribution in [3.8, 4) is 5.75 Å². The number of piperidine rings is 1. The van der Waals surface area contributed by atoms with Gasteiger partial charge in [0.05, 0.1) is 11.3 Å². The van der Waals surface area contributed by atoms with Gasteiger partial charge in [0.25, 0.3) is 11.8 Å². The van der Waals surface area contributed by atoms with Gasteiger partial charge >= 0.3 is 0 Å². The van der Waals surface area contributed by atoms with Crippen molar-refractivity contribution < 1.29 is 18.7 Å². The van der Waals surface area contributed by atoms with Crippen LogP contribution >= 0.6 is 0 Å². The molecule has 29 heavy (non-hydrogen) atoms. The molecule has 0 aliphatic carbocycles. The highest BCUT2D eigenvalue weighted by Crippen LogP contribution is 2.24. The van der Waals surface area contributed by atoms with E-state index in [0.29, 0.717) is 30.3 Å². The highest BCUT2D eigenvalue weighted by atomic mass is 19.1. The quantitative estimate of drug-likeness (QED) is 0.751. The normalized spacial score (nSPS) is 14.5. The molecule has 1 heterocycles. The van der Waals surface area contributed by atoms with Crippen LogP contribution in [0.25, 0.3) is 0 Å². The zero-order valence-corrected chi connectivity index (χ0v) is 16.5. The summed E-state index contributed by atoms with van der Waals surface area (Å²) in [5.74, 6) is -0.183. The van der Waals surface area contributed by atoms with Crippen molar-refractivity contribution in [3.63, 3.8) is 0 Å². The van der Waals surface area contributed by atoms with Gasteiger partial charge in [-0.05, 0) is 56.6 Å². The minimum atomic E-state index is -0.516. The lowest BCUT2D eigenvalue weighted by molar-refractivity contribution is -0.118. The van der Waals surface area contributed by atoms with E-state index in [2.05, 4.69) is 10.6 Å². The predicted octanol–water partition coefficient (Wildman–Crippen LogP) is 2.91. The molecule has 154 valence electrons. The van der Waals surface area contributed by atoms with Gasteiger partial charge in [0.2, 0.25) is 0 Å². The fourth-order valence-electron chi connectivity index (χ4n) is 3.46. The molecule has 1 saturated heterocycles. The molecule has 6 nitrogen and oxygen atoms in total. The highest BCUT2D eigenvalue weighted by molar-refractivity contribution is 5.97. The number of anilines is 1. The fourth-order valence-corrected chi connectivity index (χ4v) is 3.46. The smallest absolute Gasteiger partial charge is 0.262 e. The van der Waals surface area contributed by atoms with E-state index in [4.69, 9.17) is 4.74 Å². The molecule has 2 aromatic rings. The van der Waals surface area contributed by atoms with Crippen LogP contribution in [0.15, 0.2) is 48.5 Å². The lowest BCUT2D eigenvalue weighted by Crippen LogP contribution is -2.40. The molecule has 0 unspecified atom stereocenters. The fraction of sp³-hybridized carbons (Fsp3) is 0.364. The number of nitrogens with zero attached hydrogens (tertiary/aromatic N) is 1. The van der Waals surface area contributed by atoms with Crippen molar-refractivity contribution in [2.45, 2.75) is 12.8 Å². The van der Waals surface area contributed by atoms with Crippen molar-refractivity contribution in [3.05, 3.63) is 59.9 Å². The number of nitrogens with one attached hydrogen (secondary N) is 2. The number of amides is 2. The Kier molecular flexibility index (Phi) is 7.19. The maximum absolute atomic E-state index is 13.7. The lowest BCUT2D eigenvalue weighted by Gasteiger charge is -2.32. The van der Waals surface area contributed by atoms with Crippen molar-refractivity contribution >= 4 is 17.5 Å². The van der Waals surface area contributed by atoms with Gasteiger partial charge in [-0.25, -0.2) is 4.39 Å². The monoisotopic (exact) mass is 399 g/mol. The first-order valence-corrected chi connectivity index (χ1v) is 9.78. The minimum absolute atomic E-state index is 0.0925.